The van der Waals surface area contributed by atoms with Gasteiger partial charge in [-0.1, -0.05) is 13.8 Å². The van der Waals surface area contributed by atoms with Crippen LogP contribution >= 0.6 is 11.3 Å². The van der Waals surface area contributed by atoms with Crippen molar-refractivity contribution in [3.05, 3.63) is 15.6 Å². The third-order valence-electron chi connectivity index (χ3n) is 3.17. The van der Waals surface area contributed by atoms with Crippen LogP contribution in [0.15, 0.2) is 0 Å². The van der Waals surface area contributed by atoms with Gasteiger partial charge in [0, 0.05) is 13.7 Å². The molecule has 1 unspecified atom stereocenters. The number of nitrogens with one attached hydrogen (secondary N) is 1. The second-order valence-electron chi connectivity index (χ2n) is 5.15. The van der Waals surface area contributed by atoms with Gasteiger partial charge < -0.3 is 15.2 Å². The van der Waals surface area contributed by atoms with E-state index in [0.29, 0.717) is 17.2 Å². The molecule has 0 spiro atoms. The molecule has 0 bridgehead atoms. The second kappa shape index (κ2) is 6.45. The first-order valence-electron chi connectivity index (χ1n) is 6.23. The fraction of sp³-hybridized carbons (Fsp3) is 0.692. The van der Waals surface area contributed by atoms with Gasteiger partial charge in [-0.3, -0.25) is 4.79 Å². The lowest BCUT2D eigenvalue weighted by atomic mass is 9.92. The van der Waals surface area contributed by atoms with Gasteiger partial charge in [0.15, 0.2) is 0 Å². The summed E-state index contributed by atoms with van der Waals surface area (Å²) in [4.78, 5) is 16.9. The number of hydrogen-bond acceptors (Lipinski definition) is 5. The van der Waals surface area contributed by atoms with Crippen LogP contribution in [0, 0.1) is 12.8 Å². The third-order valence-corrected chi connectivity index (χ3v) is 4.30. The molecule has 2 N–H and O–H groups in total. The maximum atomic E-state index is 12.1. The Kier molecular flexibility index (Phi) is 5.46. The lowest BCUT2D eigenvalue weighted by Gasteiger charge is -2.27. The molecule has 19 heavy (non-hydrogen) atoms. The van der Waals surface area contributed by atoms with Crippen molar-refractivity contribution in [2.75, 3.05) is 13.7 Å². The highest BCUT2D eigenvalue weighted by Gasteiger charge is 2.26. The van der Waals surface area contributed by atoms with Crippen LogP contribution in [0.3, 0.4) is 0 Å². The van der Waals surface area contributed by atoms with E-state index < -0.39 is 5.60 Å². The molecule has 6 heteroatoms. The average Bonchev–Trinajstić information content (AvgIpc) is 2.68. The zero-order valence-corrected chi connectivity index (χ0v) is 12.9. The molecule has 0 saturated carbocycles. The van der Waals surface area contributed by atoms with Crippen molar-refractivity contribution in [2.45, 2.75) is 39.9 Å². The molecule has 108 valence electrons. The van der Waals surface area contributed by atoms with E-state index in [-0.39, 0.29) is 18.4 Å². The maximum absolute atomic E-state index is 12.1. The van der Waals surface area contributed by atoms with Crippen LogP contribution in [0.1, 0.15) is 41.1 Å². The number of aromatic nitrogens is 1. The van der Waals surface area contributed by atoms with E-state index in [9.17, 15) is 9.90 Å². The van der Waals surface area contributed by atoms with Gasteiger partial charge in [-0.2, -0.15) is 0 Å². The van der Waals surface area contributed by atoms with E-state index in [0.717, 1.165) is 5.01 Å². The molecule has 1 heterocycles. The van der Waals surface area contributed by atoms with Crippen LogP contribution in [0.4, 0.5) is 0 Å². The number of methoxy groups -OCH3 is 1. The number of amides is 1. The van der Waals surface area contributed by atoms with Crippen molar-refractivity contribution < 1.29 is 14.6 Å². The summed E-state index contributed by atoms with van der Waals surface area (Å²) in [7, 11) is 1.59. The Hall–Kier alpha value is -0.980. The van der Waals surface area contributed by atoms with E-state index in [2.05, 4.69) is 10.3 Å². The zero-order valence-electron chi connectivity index (χ0n) is 12.1. The first-order valence-corrected chi connectivity index (χ1v) is 7.05. The summed E-state index contributed by atoms with van der Waals surface area (Å²) in [6.45, 7) is 7.98. The fourth-order valence-corrected chi connectivity index (χ4v) is 2.34. The summed E-state index contributed by atoms with van der Waals surface area (Å²) in [6.07, 6.45) is 0. The Morgan fingerprint density at radius 2 is 2.21 bits per heavy atom. The molecule has 5 nitrogen and oxygen atoms in total. The van der Waals surface area contributed by atoms with Gasteiger partial charge in [0.05, 0.1) is 17.9 Å². The minimum absolute atomic E-state index is 0.0689. The Morgan fingerprint density at radius 3 is 2.74 bits per heavy atom. The van der Waals surface area contributed by atoms with Gasteiger partial charge in [0.2, 0.25) is 0 Å². The molecule has 1 atom stereocenters. The van der Waals surface area contributed by atoms with Crippen molar-refractivity contribution in [3.63, 3.8) is 0 Å². The van der Waals surface area contributed by atoms with Gasteiger partial charge in [0.25, 0.3) is 5.91 Å². The standard InChI is InChI=1S/C13H22N2O3S/c1-8(2)13(4,17)7-14-12(16)11-9(3)15-10(19-11)6-18-5/h8,17H,6-7H2,1-5H3,(H,14,16). The van der Waals surface area contributed by atoms with Crippen molar-refractivity contribution in [2.24, 2.45) is 5.92 Å². The molecule has 0 aromatic carbocycles. The highest BCUT2D eigenvalue weighted by molar-refractivity contribution is 7.13. The monoisotopic (exact) mass is 286 g/mol. The summed E-state index contributed by atoms with van der Waals surface area (Å²) in [5, 5.41) is 13.6. The summed E-state index contributed by atoms with van der Waals surface area (Å²) in [5.41, 5.74) is -0.220. The molecule has 0 aliphatic carbocycles. The van der Waals surface area contributed by atoms with Gasteiger partial charge in [0.1, 0.15) is 9.88 Å². The first-order chi connectivity index (χ1) is 8.77. The predicted molar refractivity (Wildman–Crippen MR) is 75.4 cm³/mol. The Morgan fingerprint density at radius 1 is 1.58 bits per heavy atom. The number of carbonyl (C=O) groups is 1. The summed E-state index contributed by atoms with van der Waals surface area (Å²) < 4.78 is 5.00. The van der Waals surface area contributed by atoms with Crippen molar-refractivity contribution in [3.8, 4) is 0 Å². The predicted octanol–water partition coefficient (Wildman–Crippen LogP) is 1.73. The van der Waals surface area contributed by atoms with Crippen LogP contribution in [0.25, 0.3) is 0 Å². The normalized spacial score (nSPS) is 14.5. The molecule has 0 aliphatic rings. The van der Waals surface area contributed by atoms with Crippen molar-refractivity contribution >= 4 is 17.2 Å². The molecule has 1 rings (SSSR count). The number of ether oxygens (including phenoxy) is 1. The Bertz CT molecular complexity index is 441. The minimum atomic E-state index is -0.913. The number of aryl methyl sites for hydroxylation is 1. The molecular weight excluding hydrogens is 264 g/mol. The van der Waals surface area contributed by atoms with Gasteiger partial charge in [-0.05, 0) is 19.8 Å². The van der Waals surface area contributed by atoms with E-state index in [1.54, 1.807) is 21.0 Å². The van der Waals surface area contributed by atoms with Crippen molar-refractivity contribution in [1.82, 2.24) is 10.3 Å². The molecule has 0 aliphatic heterocycles. The van der Waals surface area contributed by atoms with Crippen LogP contribution < -0.4 is 5.32 Å². The number of aliphatic hydroxyl groups is 1. The maximum Gasteiger partial charge on any atom is 0.263 e. The summed E-state index contributed by atoms with van der Waals surface area (Å²) in [5.74, 6) is -0.127. The molecule has 0 radical (unpaired) electrons. The Balaban J connectivity index is 2.68. The first kappa shape index (κ1) is 16.1. The molecule has 1 aromatic rings. The average molecular weight is 286 g/mol. The number of rotatable bonds is 6. The SMILES string of the molecule is COCc1nc(C)c(C(=O)NCC(C)(O)C(C)C)s1. The minimum Gasteiger partial charge on any atom is -0.388 e. The summed E-state index contributed by atoms with van der Waals surface area (Å²) >= 11 is 1.32. The molecule has 1 aromatic heterocycles. The second-order valence-corrected chi connectivity index (χ2v) is 6.23. The quantitative estimate of drug-likeness (QED) is 0.835. The Labute approximate surface area is 118 Å². The van der Waals surface area contributed by atoms with Crippen LogP contribution in [0.5, 0.6) is 0 Å². The van der Waals surface area contributed by atoms with E-state index in [1.807, 2.05) is 13.8 Å². The fourth-order valence-electron chi connectivity index (χ4n) is 1.39. The van der Waals surface area contributed by atoms with Gasteiger partial charge in [-0.25, -0.2) is 4.98 Å². The zero-order chi connectivity index (χ0) is 14.6. The molecule has 0 fully saturated rings. The number of thiazole rings is 1. The van der Waals surface area contributed by atoms with Gasteiger partial charge in [-0.15, -0.1) is 11.3 Å². The smallest absolute Gasteiger partial charge is 0.263 e. The lowest BCUT2D eigenvalue weighted by Crippen LogP contribution is -2.44. The van der Waals surface area contributed by atoms with E-state index >= 15 is 0 Å². The number of hydrogen-bond donors (Lipinski definition) is 2. The lowest BCUT2D eigenvalue weighted by molar-refractivity contribution is 0.0142. The van der Waals surface area contributed by atoms with Crippen molar-refractivity contribution in [1.29, 1.82) is 0 Å². The van der Waals surface area contributed by atoms with E-state index in [4.69, 9.17) is 4.74 Å². The highest BCUT2D eigenvalue weighted by atomic mass is 32.1. The molecule has 1 amide bonds. The third kappa shape index (κ3) is 4.26. The van der Waals surface area contributed by atoms with E-state index in [1.165, 1.54) is 11.3 Å². The van der Waals surface area contributed by atoms with Gasteiger partial charge >= 0.3 is 0 Å². The topological polar surface area (TPSA) is 71.5 Å². The number of carbonyl (C=O) groups excluding carboxylic acids is 1. The largest absolute Gasteiger partial charge is 0.388 e. The summed E-state index contributed by atoms with van der Waals surface area (Å²) in [6, 6.07) is 0. The van der Waals surface area contributed by atoms with Crippen LogP contribution in [0.2, 0.25) is 0 Å². The van der Waals surface area contributed by atoms with Crippen LogP contribution in [-0.4, -0.2) is 35.3 Å². The highest BCUT2D eigenvalue weighted by Crippen LogP contribution is 2.19. The molecule has 0 saturated heterocycles. The van der Waals surface area contributed by atoms with Crippen LogP contribution in [-0.2, 0) is 11.3 Å². The molecular formula is C13H22N2O3S. The number of nitrogens with zero attached hydrogens (tertiary/aromatic N) is 1.